The van der Waals surface area contributed by atoms with Crippen molar-refractivity contribution in [2.45, 2.75) is 32.7 Å². The van der Waals surface area contributed by atoms with Crippen LogP contribution in [-0.4, -0.2) is 16.1 Å². The Morgan fingerprint density at radius 1 is 1.54 bits per heavy atom. The largest absolute Gasteiger partial charge is 0.333 e. The third-order valence-electron chi connectivity index (χ3n) is 2.10. The summed E-state index contributed by atoms with van der Waals surface area (Å²) < 4.78 is 2.08. The van der Waals surface area contributed by atoms with Gasteiger partial charge in [-0.3, -0.25) is 0 Å². The predicted molar refractivity (Wildman–Crippen MR) is 54.9 cm³/mol. The molecule has 0 unspecified atom stereocenters. The lowest BCUT2D eigenvalue weighted by atomic mass is 10.2. The van der Waals surface area contributed by atoms with Crippen molar-refractivity contribution in [1.82, 2.24) is 9.55 Å². The van der Waals surface area contributed by atoms with Gasteiger partial charge in [-0.2, -0.15) is 0 Å². The van der Waals surface area contributed by atoms with Gasteiger partial charge in [0.05, 0.1) is 12.0 Å². The molecule has 1 aromatic heterocycles. The molecular formula is C9H16ClN3. The van der Waals surface area contributed by atoms with Gasteiger partial charge < -0.3 is 10.3 Å². The van der Waals surface area contributed by atoms with E-state index < -0.39 is 0 Å². The lowest BCUT2D eigenvalue weighted by molar-refractivity contribution is 0.666. The molecule has 3 nitrogen and oxygen atoms in total. The molecule has 2 N–H and O–H groups in total. The van der Waals surface area contributed by atoms with Gasteiger partial charge in [0.1, 0.15) is 5.15 Å². The monoisotopic (exact) mass is 201 g/mol. The second-order valence-electron chi connectivity index (χ2n) is 3.01. The van der Waals surface area contributed by atoms with Crippen LogP contribution in [0.5, 0.6) is 0 Å². The first-order chi connectivity index (χ1) is 6.29. The third-order valence-corrected chi connectivity index (χ3v) is 2.42. The molecule has 13 heavy (non-hydrogen) atoms. The number of halogens is 1. The Morgan fingerprint density at radius 2 is 2.31 bits per heavy atom. The minimum absolute atomic E-state index is 0.638. The number of nitrogens with two attached hydrogens (primary N) is 1. The van der Waals surface area contributed by atoms with Crippen molar-refractivity contribution in [3.63, 3.8) is 0 Å². The van der Waals surface area contributed by atoms with Crippen LogP contribution in [0.3, 0.4) is 0 Å². The molecule has 0 aliphatic rings. The van der Waals surface area contributed by atoms with Gasteiger partial charge >= 0.3 is 0 Å². The predicted octanol–water partition coefficient (Wildman–Crippen LogP) is 1.84. The summed E-state index contributed by atoms with van der Waals surface area (Å²) in [5.41, 5.74) is 6.56. The van der Waals surface area contributed by atoms with Crippen LogP contribution in [-0.2, 0) is 13.0 Å². The third kappa shape index (κ3) is 2.71. The second-order valence-corrected chi connectivity index (χ2v) is 3.37. The number of nitrogens with zero attached hydrogens (tertiary/aromatic N) is 2. The lowest BCUT2D eigenvalue weighted by Crippen LogP contribution is -2.03. The highest BCUT2D eigenvalue weighted by molar-refractivity contribution is 6.30. The van der Waals surface area contributed by atoms with E-state index in [1.54, 1.807) is 6.33 Å². The van der Waals surface area contributed by atoms with E-state index in [4.69, 9.17) is 17.3 Å². The molecule has 0 amide bonds. The van der Waals surface area contributed by atoms with Gasteiger partial charge in [-0.05, 0) is 32.7 Å². The number of unbranched alkanes of at least 4 members (excludes halogenated alkanes) is 1. The number of aromatic nitrogens is 2. The highest BCUT2D eigenvalue weighted by atomic mass is 35.5. The van der Waals surface area contributed by atoms with Gasteiger partial charge in [-0.25, -0.2) is 4.98 Å². The Labute approximate surface area is 83.9 Å². The van der Waals surface area contributed by atoms with Crippen LogP contribution in [0.1, 0.15) is 25.5 Å². The molecule has 0 spiro atoms. The average molecular weight is 202 g/mol. The molecule has 0 aliphatic carbocycles. The van der Waals surface area contributed by atoms with Gasteiger partial charge in [-0.1, -0.05) is 11.6 Å². The summed E-state index contributed by atoms with van der Waals surface area (Å²) in [7, 11) is 0. The molecule has 0 radical (unpaired) electrons. The van der Waals surface area contributed by atoms with Gasteiger partial charge in [0.2, 0.25) is 0 Å². The molecule has 0 aliphatic heterocycles. The van der Waals surface area contributed by atoms with Crippen LogP contribution >= 0.6 is 11.6 Å². The van der Waals surface area contributed by atoms with Crippen LogP contribution < -0.4 is 5.73 Å². The van der Waals surface area contributed by atoms with Crippen molar-refractivity contribution in [3.8, 4) is 0 Å². The fraction of sp³-hybridized carbons (Fsp3) is 0.667. The Balaban J connectivity index is 2.57. The topological polar surface area (TPSA) is 43.8 Å². The molecular weight excluding hydrogens is 186 g/mol. The highest BCUT2D eigenvalue weighted by Crippen LogP contribution is 2.15. The minimum Gasteiger partial charge on any atom is -0.333 e. The molecule has 4 heteroatoms. The van der Waals surface area contributed by atoms with Crippen LogP contribution in [0.15, 0.2) is 6.33 Å². The molecule has 1 aromatic rings. The first-order valence-electron chi connectivity index (χ1n) is 4.69. The Kier molecular flexibility index (Phi) is 4.25. The van der Waals surface area contributed by atoms with Crippen molar-refractivity contribution < 1.29 is 0 Å². The lowest BCUT2D eigenvalue weighted by Gasteiger charge is -2.04. The van der Waals surface area contributed by atoms with E-state index >= 15 is 0 Å². The quantitative estimate of drug-likeness (QED) is 0.739. The molecule has 0 aromatic carbocycles. The molecule has 0 fully saturated rings. The summed E-state index contributed by atoms with van der Waals surface area (Å²) in [5, 5.41) is 0.638. The zero-order valence-corrected chi connectivity index (χ0v) is 8.72. The van der Waals surface area contributed by atoms with E-state index in [1.807, 2.05) is 0 Å². The first-order valence-corrected chi connectivity index (χ1v) is 5.07. The highest BCUT2D eigenvalue weighted by Gasteiger charge is 2.06. The van der Waals surface area contributed by atoms with Crippen LogP contribution in [0.25, 0.3) is 0 Å². The normalized spacial score (nSPS) is 10.7. The van der Waals surface area contributed by atoms with E-state index in [1.165, 1.54) is 0 Å². The smallest absolute Gasteiger partial charge is 0.150 e. The molecule has 1 rings (SSSR count). The van der Waals surface area contributed by atoms with Gasteiger partial charge in [-0.15, -0.1) is 0 Å². The van der Waals surface area contributed by atoms with Crippen molar-refractivity contribution in [1.29, 1.82) is 0 Å². The number of hydrogen-bond donors (Lipinski definition) is 1. The van der Waals surface area contributed by atoms with Crippen molar-refractivity contribution in [3.05, 3.63) is 17.2 Å². The molecule has 0 saturated carbocycles. The maximum Gasteiger partial charge on any atom is 0.150 e. The fourth-order valence-electron chi connectivity index (χ4n) is 1.34. The maximum absolute atomic E-state index is 5.94. The zero-order chi connectivity index (χ0) is 9.68. The van der Waals surface area contributed by atoms with Gasteiger partial charge in [0.25, 0.3) is 0 Å². The van der Waals surface area contributed by atoms with E-state index in [0.717, 1.165) is 38.0 Å². The first kappa shape index (κ1) is 10.5. The molecule has 0 bridgehead atoms. The van der Waals surface area contributed by atoms with E-state index in [-0.39, 0.29) is 0 Å². The fourth-order valence-corrected chi connectivity index (χ4v) is 1.59. The molecule has 1 heterocycles. The zero-order valence-electron chi connectivity index (χ0n) is 7.96. The summed E-state index contributed by atoms with van der Waals surface area (Å²) in [6.07, 6.45) is 4.90. The molecule has 74 valence electrons. The number of imidazole rings is 1. The summed E-state index contributed by atoms with van der Waals surface area (Å²) in [4.78, 5) is 4.06. The maximum atomic E-state index is 5.94. The number of hydrogen-bond acceptors (Lipinski definition) is 2. The Bertz CT molecular complexity index is 257. The average Bonchev–Trinajstić information content (AvgIpc) is 2.48. The molecule has 0 saturated heterocycles. The van der Waals surface area contributed by atoms with Crippen molar-refractivity contribution in [2.75, 3.05) is 6.54 Å². The second kappa shape index (κ2) is 5.25. The summed E-state index contributed by atoms with van der Waals surface area (Å²) in [5.74, 6) is 0. The van der Waals surface area contributed by atoms with Crippen LogP contribution in [0.4, 0.5) is 0 Å². The van der Waals surface area contributed by atoms with Gasteiger partial charge in [0.15, 0.2) is 0 Å². The van der Waals surface area contributed by atoms with Gasteiger partial charge in [0, 0.05) is 6.54 Å². The molecule has 0 atom stereocenters. The van der Waals surface area contributed by atoms with Crippen molar-refractivity contribution >= 4 is 11.6 Å². The standard InChI is InChI=1S/C9H16ClN3/c1-2-13-7-12-9(10)8(13)5-3-4-6-11/h7H,2-6,11H2,1H3. The Hall–Kier alpha value is -0.540. The van der Waals surface area contributed by atoms with E-state index in [0.29, 0.717) is 5.15 Å². The van der Waals surface area contributed by atoms with Crippen LogP contribution in [0, 0.1) is 0 Å². The minimum atomic E-state index is 0.638. The number of aryl methyl sites for hydroxylation is 1. The SMILES string of the molecule is CCn1cnc(Cl)c1CCCCN. The summed E-state index contributed by atoms with van der Waals surface area (Å²) >= 11 is 5.94. The summed E-state index contributed by atoms with van der Waals surface area (Å²) in [6, 6.07) is 0. The Morgan fingerprint density at radius 3 is 2.92 bits per heavy atom. The number of rotatable bonds is 5. The summed E-state index contributed by atoms with van der Waals surface area (Å²) in [6.45, 7) is 3.76. The van der Waals surface area contributed by atoms with Crippen LogP contribution in [0.2, 0.25) is 5.15 Å². The van der Waals surface area contributed by atoms with Crippen molar-refractivity contribution in [2.24, 2.45) is 5.73 Å². The van der Waals surface area contributed by atoms with E-state index in [2.05, 4.69) is 16.5 Å². The van der Waals surface area contributed by atoms with E-state index in [9.17, 15) is 0 Å².